The van der Waals surface area contributed by atoms with Gasteiger partial charge in [-0.1, -0.05) is 6.42 Å². The van der Waals surface area contributed by atoms with Crippen LogP contribution in [0.1, 0.15) is 25.7 Å². The zero-order valence-corrected chi connectivity index (χ0v) is 6.49. The summed E-state index contributed by atoms with van der Waals surface area (Å²) in [7, 11) is 0. The highest BCUT2D eigenvalue weighted by Gasteiger charge is 2.57. The van der Waals surface area contributed by atoms with Crippen LogP contribution in [0, 0.1) is 0 Å². The van der Waals surface area contributed by atoms with Crippen molar-refractivity contribution in [2.75, 3.05) is 0 Å². The van der Waals surface area contributed by atoms with Gasteiger partial charge in [0.05, 0.1) is 0 Å². The van der Waals surface area contributed by atoms with Crippen molar-refractivity contribution in [2.45, 2.75) is 43.6 Å². The van der Waals surface area contributed by atoms with E-state index in [1.54, 1.807) is 0 Å². The van der Waals surface area contributed by atoms with Gasteiger partial charge in [-0.25, -0.2) is 17.6 Å². The Morgan fingerprint density at radius 3 is 1.92 bits per heavy atom. The van der Waals surface area contributed by atoms with Crippen LogP contribution < -0.4 is 5.73 Å². The van der Waals surface area contributed by atoms with Crippen molar-refractivity contribution >= 4 is 0 Å². The van der Waals surface area contributed by atoms with Gasteiger partial charge in [0.2, 0.25) is 0 Å². The minimum atomic E-state index is -3.42. The Balaban J connectivity index is 2.84. The molecular formula is C7H11F4N. The molecule has 1 aliphatic rings. The van der Waals surface area contributed by atoms with Crippen molar-refractivity contribution in [1.82, 2.24) is 0 Å². The summed E-state index contributed by atoms with van der Waals surface area (Å²) in [6.45, 7) is 0. The summed E-state index contributed by atoms with van der Waals surface area (Å²) in [4.78, 5) is 0. The Hall–Kier alpha value is -0.320. The molecule has 0 bridgehead atoms. The van der Waals surface area contributed by atoms with E-state index in [1.165, 1.54) is 0 Å². The van der Waals surface area contributed by atoms with Crippen molar-refractivity contribution < 1.29 is 17.6 Å². The molecule has 0 aromatic carbocycles. The Labute approximate surface area is 67.9 Å². The summed E-state index contributed by atoms with van der Waals surface area (Å²) < 4.78 is 50.2. The van der Waals surface area contributed by atoms with Crippen LogP contribution in [0.15, 0.2) is 0 Å². The van der Waals surface area contributed by atoms with E-state index >= 15 is 0 Å². The second-order valence-corrected chi connectivity index (χ2v) is 3.25. The van der Waals surface area contributed by atoms with Gasteiger partial charge in [0.15, 0.2) is 0 Å². The van der Waals surface area contributed by atoms with Crippen LogP contribution in [-0.4, -0.2) is 17.9 Å². The van der Waals surface area contributed by atoms with Crippen LogP contribution in [0.5, 0.6) is 0 Å². The quantitative estimate of drug-likeness (QED) is 0.622. The Bertz CT molecular complexity index is 171. The van der Waals surface area contributed by atoms with Crippen molar-refractivity contribution in [2.24, 2.45) is 5.73 Å². The SMILES string of the molecule is NC1(C(F)F)CCCCC1(F)F. The van der Waals surface area contributed by atoms with Crippen molar-refractivity contribution in [3.63, 3.8) is 0 Å². The molecule has 0 amide bonds. The first kappa shape index (κ1) is 9.77. The first-order valence-corrected chi connectivity index (χ1v) is 3.85. The van der Waals surface area contributed by atoms with Gasteiger partial charge < -0.3 is 5.73 Å². The fraction of sp³-hybridized carbons (Fsp3) is 1.00. The maximum atomic E-state index is 12.9. The number of nitrogens with two attached hydrogens (primary N) is 1. The van der Waals surface area contributed by atoms with Crippen LogP contribution in [0.4, 0.5) is 17.6 Å². The summed E-state index contributed by atoms with van der Waals surface area (Å²) in [6, 6.07) is 0. The molecule has 1 unspecified atom stereocenters. The Kier molecular flexibility index (Phi) is 2.33. The topological polar surface area (TPSA) is 26.0 Å². The smallest absolute Gasteiger partial charge is 0.271 e. The lowest BCUT2D eigenvalue weighted by Gasteiger charge is -2.39. The summed E-state index contributed by atoms with van der Waals surface area (Å²) in [5, 5.41) is 0. The highest BCUT2D eigenvalue weighted by atomic mass is 19.3. The third-order valence-electron chi connectivity index (χ3n) is 2.40. The zero-order chi connectivity index (χ0) is 9.41. The van der Waals surface area contributed by atoms with E-state index in [9.17, 15) is 17.6 Å². The molecule has 1 nitrogen and oxygen atoms in total. The van der Waals surface area contributed by atoms with Gasteiger partial charge in [-0.3, -0.25) is 0 Å². The largest absolute Gasteiger partial charge is 0.315 e. The molecule has 12 heavy (non-hydrogen) atoms. The number of hydrogen-bond donors (Lipinski definition) is 1. The maximum absolute atomic E-state index is 12.9. The molecule has 1 fully saturated rings. The average molecular weight is 185 g/mol. The van der Waals surface area contributed by atoms with Gasteiger partial charge in [-0.05, 0) is 12.8 Å². The fourth-order valence-electron chi connectivity index (χ4n) is 1.45. The number of halogens is 4. The standard InChI is InChI=1S/C7H11F4N/c8-5(9)6(12)3-1-2-4-7(6,10)11/h5H,1-4,12H2. The minimum absolute atomic E-state index is 0.276. The average Bonchev–Trinajstić information content (AvgIpc) is 1.95. The fourth-order valence-corrected chi connectivity index (χ4v) is 1.45. The molecule has 1 saturated carbocycles. The summed E-state index contributed by atoms with van der Waals surface area (Å²) in [6.07, 6.45) is -3.33. The highest BCUT2D eigenvalue weighted by Crippen LogP contribution is 2.43. The normalized spacial score (nSPS) is 35.5. The first-order chi connectivity index (χ1) is 5.40. The molecule has 72 valence electrons. The molecule has 0 saturated heterocycles. The van der Waals surface area contributed by atoms with Gasteiger partial charge in [0, 0.05) is 6.42 Å². The number of alkyl halides is 4. The molecule has 2 N–H and O–H groups in total. The first-order valence-electron chi connectivity index (χ1n) is 3.85. The number of hydrogen-bond acceptors (Lipinski definition) is 1. The monoisotopic (exact) mass is 185 g/mol. The van der Waals surface area contributed by atoms with Gasteiger partial charge in [0.25, 0.3) is 12.3 Å². The van der Waals surface area contributed by atoms with E-state index in [2.05, 4.69) is 0 Å². The molecule has 0 spiro atoms. The molecule has 5 heteroatoms. The molecule has 0 aromatic rings. The van der Waals surface area contributed by atoms with Crippen LogP contribution in [0.2, 0.25) is 0 Å². The van der Waals surface area contributed by atoms with E-state index < -0.39 is 24.3 Å². The highest BCUT2D eigenvalue weighted by molar-refractivity contribution is 5.02. The van der Waals surface area contributed by atoms with E-state index in [4.69, 9.17) is 5.73 Å². The Morgan fingerprint density at radius 1 is 1.08 bits per heavy atom. The number of rotatable bonds is 1. The predicted octanol–water partition coefficient (Wildman–Crippen LogP) is 2.16. The molecule has 1 rings (SSSR count). The molecule has 0 heterocycles. The van der Waals surface area contributed by atoms with Crippen LogP contribution in [0.3, 0.4) is 0 Å². The van der Waals surface area contributed by atoms with Crippen LogP contribution in [-0.2, 0) is 0 Å². The van der Waals surface area contributed by atoms with Crippen LogP contribution in [0.25, 0.3) is 0 Å². The second kappa shape index (κ2) is 2.87. The molecule has 1 aliphatic carbocycles. The van der Waals surface area contributed by atoms with Gasteiger partial charge in [-0.2, -0.15) is 0 Å². The van der Waals surface area contributed by atoms with Crippen LogP contribution >= 0.6 is 0 Å². The van der Waals surface area contributed by atoms with Gasteiger partial charge in [0.1, 0.15) is 5.54 Å². The maximum Gasteiger partial charge on any atom is 0.271 e. The third-order valence-corrected chi connectivity index (χ3v) is 2.40. The summed E-state index contributed by atoms with van der Waals surface area (Å²) in [5.41, 5.74) is 2.39. The molecule has 0 radical (unpaired) electrons. The lowest BCUT2D eigenvalue weighted by Crippen LogP contribution is -2.62. The molecule has 0 aliphatic heterocycles. The van der Waals surface area contributed by atoms with Crippen molar-refractivity contribution in [3.05, 3.63) is 0 Å². The summed E-state index contributed by atoms with van der Waals surface area (Å²) in [5.74, 6) is -3.42. The lowest BCUT2D eigenvalue weighted by atomic mass is 9.79. The van der Waals surface area contributed by atoms with E-state index in [0.717, 1.165) is 0 Å². The van der Waals surface area contributed by atoms with Gasteiger partial charge >= 0.3 is 0 Å². The molecule has 1 atom stereocenters. The zero-order valence-electron chi connectivity index (χ0n) is 6.49. The third kappa shape index (κ3) is 1.30. The molecule has 0 aromatic heterocycles. The van der Waals surface area contributed by atoms with E-state index in [-0.39, 0.29) is 12.8 Å². The van der Waals surface area contributed by atoms with E-state index in [0.29, 0.717) is 6.42 Å². The summed E-state index contributed by atoms with van der Waals surface area (Å²) >= 11 is 0. The predicted molar refractivity (Wildman–Crippen MR) is 36.3 cm³/mol. The van der Waals surface area contributed by atoms with Gasteiger partial charge in [-0.15, -0.1) is 0 Å². The minimum Gasteiger partial charge on any atom is -0.315 e. The van der Waals surface area contributed by atoms with Crippen molar-refractivity contribution in [1.29, 1.82) is 0 Å². The second-order valence-electron chi connectivity index (χ2n) is 3.25. The Morgan fingerprint density at radius 2 is 1.58 bits per heavy atom. The lowest BCUT2D eigenvalue weighted by molar-refractivity contribution is -0.154. The van der Waals surface area contributed by atoms with Crippen molar-refractivity contribution in [3.8, 4) is 0 Å². The van der Waals surface area contributed by atoms with E-state index in [1.807, 2.05) is 0 Å². The molecular weight excluding hydrogens is 174 g/mol.